The molecule has 2 N–H and O–H groups in total. The molecule has 0 saturated heterocycles. The van der Waals surface area contributed by atoms with Crippen molar-refractivity contribution < 1.29 is 22.7 Å². The smallest absolute Gasteiger partial charge is 0.255 e. The van der Waals surface area contributed by atoms with Crippen LogP contribution in [0.4, 0.5) is 11.4 Å². The zero-order valence-corrected chi connectivity index (χ0v) is 18.4. The Hall–Kier alpha value is -2.91. The number of nitrogens with one attached hydrogen (secondary N) is 2. The van der Waals surface area contributed by atoms with Crippen LogP contribution in [-0.4, -0.2) is 44.7 Å². The Labute approximate surface area is 177 Å². The molecule has 30 heavy (non-hydrogen) atoms. The number of hydrogen-bond donors (Lipinski definition) is 2. The maximum absolute atomic E-state index is 12.8. The third-order valence-corrected chi connectivity index (χ3v) is 6.56. The number of methoxy groups -OCH3 is 1. The van der Waals surface area contributed by atoms with Gasteiger partial charge in [0.25, 0.3) is 5.91 Å². The third kappa shape index (κ3) is 5.37. The van der Waals surface area contributed by atoms with E-state index >= 15 is 0 Å². The van der Waals surface area contributed by atoms with Gasteiger partial charge in [0.15, 0.2) is 0 Å². The van der Waals surface area contributed by atoms with Gasteiger partial charge in [0.05, 0.1) is 17.7 Å². The highest BCUT2D eigenvalue weighted by atomic mass is 32.2. The molecule has 2 aromatic rings. The van der Waals surface area contributed by atoms with Gasteiger partial charge >= 0.3 is 0 Å². The van der Waals surface area contributed by atoms with Crippen molar-refractivity contribution in [3.05, 3.63) is 48.0 Å². The van der Waals surface area contributed by atoms with E-state index in [0.29, 0.717) is 36.5 Å². The number of carbonyl (C=O) groups excluding carboxylic acids is 2. The Morgan fingerprint density at radius 2 is 1.60 bits per heavy atom. The van der Waals surface area contributed by atoms with Crippen LogP contribution in [-0.2, 0) is 14.8 Å². The lowest BCUT2D eigenvalue weighted by Crippen LogP contribution is -2.30. The standard InChI is InChI=1S/C21H27N3O5S/c1-5-20(25)22-16-10-8-15(9-11-16)21(26)23-18-14-17(12-13-19(18)29-4)30(27,28)24(6-2)7-3/h8-14H,5-7H2,1-4H3,(H,22,25)(H,23,26). The van der Waals surface area contributed by atoms with Crippen molar-refractivity contribution in [2.24, 2.45) is 0 Å². The van der Waals surface area contributed by atoms with Gasteiger partial charge in [-0.3, -0.25) is 9.59 Å². The molecule has 9 heteroatoms. The summed E-state index contributed by atoms with van der Waals surface area (Å²) in [5, 5.41) is 5.41. The minimum absolute atomic E-state index is 0.0694. The van der Waals surface area contributed by atoms with Gasteiger partial charge in [-0.1, -0.05) is 20.8 Å². The number of carbonyl (C=O) groups is 2. The number of sulfonamides is 1. The Bertz CT molecular complexity index is 1000. The zero-order chi connectivity index (χ0) is 22.3. The fourth-order valence-corrected chi connectivity index (χ4v) is 4.29. The fraction of sp³-hybridized carbons (Fsp3) is 0.333. The number of hydrogen-bond acceptors (Lipinski definition) is 5. The molecular formula is C21H27N3O5S. The summed E-state index contributed by atoms with van der Waals surface area (Å²) in [5.74, 6) is -0.212. The summed E-state index contributed by atoms with van der Waals surface area (Å²) >= 11 is 0. The molecule has 2 amide bonds. The summed E-state index contributed by atoms with van der Waals surface area (Å²) in [5.41, 5.74) is 1.19. The number of rotatable bonds is 9. The molecule has 0 spiro atoms. The summed E-state index contributed by atoms with van der Waals surface area (Å²) in [6.07, 6.45) is 0.356. The van der Waals surface area contributed by atoms with Gasteiger partial charge in [-0.2, -0.15) is 4.31 Å². The molecule has 2 rings (SSSR count). The largest absolute Gasteiger partial charge is 0.495 e. The maximum Gasteiger partial charge on any atom is 0.255 e. The van der Waals surface area contributed by atoms with E-state index < -0.39 is 15.9 Å². The van der Waals surface area contributed by atoms with Crippen LogP contribution in [0, 0.1) is 0 Å². The lowest BCUT2D eigenvalue weighted by molar-refractivity contribution is -0.115. The van der Waals surface area contributed by atoms with Gasteiger partial charge in [0.2, 0.25) is 15.9 Å². The highest BCUT2D eigenvalue weighted by Crippen LogP contribution is 2.29. The second-order valence-corrected chi connectivity index (χ2v) is 8.32. The number of benzene rings is 2. The van der Waals surface area contributed by atoms with Crippen molar-refractivity contribution in [1.82, 2.24) is 4.31 Å². The van der Waals surface area contributed by atoms with Crippen LogP contribution in [0.1, 0.15) is 37.6 Å². The molecule has 162 valence electrons. The van der Waals surface area contributed by atoms with Gasteiger partial charge in [0.1, 0.15) is 5.75 Å². The number of nitrogens with zero attached hydrogens (tertiary/aromatic N) is 1. The van der Waals surface area contributed by atoms with E-state index in [1.807, 2.05) is 0 Å². The van der Waals surface area contributed by atoms with E-state index in [2.05, 4.69) is 10.6 Å². The predicted molar refractivity (Wildman–Crippen MR) is 116 cm³/mol. The summed E-state index contributed by atoms with van der Waals surface area (Å²) in [7, 11) is -2.24. The molecule has 0 aliphatic heterocycles. The van der Waals surface area contributed by atoms with Gasteiger partial charge in [-0.05, 0) is 42.5 Å². The predicted octanol–water partition coefficient (Wildman–Crippen LogP) is 3.33. The average Bonchev–Trinajstić information content (AvgIpc) is 2.74. The molecule has 0 radical (unpaired) electrons. The van der Waals surface area contributed by atoms with Crippen LogP contribution < -0.4 is 15.4 Å². The SMILES string of the molecule is CCC(=O)Nc1ccc(C(=O)Nc2cc(S(=O)(=O)N(CC)CC)ccc2OC)cc1. The molecule has 0 bridgehead atoms. The Morgan fingerprint density at radius 3 is 2.13 bits per heavy atom. The quantitative estimate of drug-likeness (QED) is 0.631. The number of ether oxygens (including phenoxy) is 1. The molecule has 2 aromatic carbocycles. The molecule has 8 nitrogen and oxygen atoms in total. The fourth-order valence-electron chi connectivity index (χ4n) is 2.81. The highest BCUT2D eigenvalue weighted by molar-refractivity contribution is 7.89. The van der Waals surface area contributed by atoms with E-state index in [-0.39, 0.29) is 16.5 Å². The second-order valence-electron chi connectivity index (χ2n) is 6.38. The van der Waals surface area contributed by atoms with Crippen molar-refractivity contribution in [3.8, 4) is 5.75 Å². The van der Waals surface area contributed by atoms with E-state index in [1.165, 1.54) is 29.6 Å². The molecular weight excluding hydrogens is 406 g/mol. The summed E-state index contributed by atoms with van der Waals surface area (Å²) in [4.78, 5) is 24.2. The second kappa shape index (κ2) is 10.2. The van der Waals surface area contributed by atoms with E-state index in [9.17, 15) is 18.0 Å². The van der Waals surface area contributed by atoms with Crippen molar-refractivity contribution >= 4 is 33.2 Å². The summed E-state index contributed by atoms with van der Waals surface area (Å²) in [6.45, 7) is 5.96. The molecule has 0 unspecified atom stereocenters. The van der Waals surface area contributed by atoms with Gasteiger partial charge in [-0.15, -0.1) is 0 Å². The van der Waals surface area contributed by atoms with Crippen molar-refractivity contribution in [2.45, 2.75) is 32.1 Å². The van der Waals surface area contributed by atoms with E-state index in [4.69, 9.17) is 4.74 Å². The van der Waals surface area contributed by atoms with Gasteiger partial charge < -0.3 is 15.4 Å². The van der Waals surface area contributed by atoms with Crippen LogP contribution in [0.25, 0.3) is 0 Å². The minimum Gasteiger partial charge on any atom is -0.495 e. The molecule has 0 aromatic heterocycles. The first-order valence-corrected chi connectivity index (χ1v) is 11.1. The third-order valence-electron chi connectivity index (χ3n) is 4.51. The van der Waals surface area contributed by atoms with Crippen molar-refractivity contribution in [1.29, 1.82) is 0 Å². The van der Waals surface area contributed by atoms with E-state index in [1.54, 1.807) is 45.0 Å². The van der Waals surface area contributed by atoms with E-state index in [0.717, 1.165) is 0 Å². The Kier molecular flexibility index (Phi) is 7.96. The number of anilines is 2. The van der Waals surface area contributed by atoms with Crippen LogP contribution in [0.3, 0.4) is 0 Å². The molecule has 0 atom stereocenters. The Balaban J connectivity index is 2.28. The highest BCUT2D eigenvalue weighted by Gasteiger charge is 2.23. The van der Waals surface area contributed by atoms with Crippen LogP contribution in [0.15, 0.2) is 47.4 Å². The summed E-state index contributed by atoms with van der Waals surface area (Å²) in [6, 6.07) is 10.7. The van der Waals surface area contributed by atoms with Crippen LogP contribution >= 0.6 is 0 Å². The minimum atomic E-state index is -3.68. The Morgan fingerprint density at radius 1 is 0.967 bits per heavy atom. The first-order chi connectivity index (χ1) is 14.3. The van der Waals surface area contributed by atoms with Crippen LogP contribution in [0.2, 0.25) is 0 Å². The lowest BCUT2D eigenvalue weighted by Gasteiger charge is -2.19. The van der Waals surface area contributed by atoms with Crippen molar-refractivity contribution in [2.75, 3.05) is 30.8 Å². The van der Waals surface area contributed by atoms with Crippen LogP contribution in [0.5, 0.6) is 5.75 Å². The van der Waals surface area contributed by atoms with Gasteiger partial charge in [-0.25, -0.2) is 8.42 Å². The monoisotopic (exact) mass is 433 g/mol. The number of amides is 2. The summed E-state index contributed by atoms with van der Waals surface area (Å²) < 4.78 is 32.2. The normalized spacial score (nSPS) is 11.2. The molecule has 0 aliphatic rings. The maximum atomic E-state index is 12.8. The topological polar surface area (TPSA) is 105 Å². The molecule has 0 fully saturated rings. The zero-order valence-electron chi connectivity index (χ0n) is 17.6. The molecule has 0 saturated carbocycles. The van der Waals surface area contributed by atoms with Crippen molar-refractivity contribution in [3.63, 3.8) is 0 Å². The average molecular weight is 434 g/mol. The molecule has 0 aliphatic carbocycles. The molecule has 0 heterocycles. The first kappa shape index (κ1) is 23.4. The van der Waals surface area contributed by atoms with Gasteiger partial charge in [0, 0.05) is 30.8 Å². The first-order valence-electron chi connectivity index (χ1n) is 9.66. The lowest BCUT2D eigenvalue weighted by atomic mass is 10.2.